The molecule has 0 amide bonds. The van der Waals surface area contributed by atoms with Crippen LogP contribution >= 0.6 is 0 Å². The first-order chi connectivity index (χ1) is 11.1. The van der Waals surface area contributed by atoms with Gasteiger partial charge < -0.3 is 15.2 Å². The number of anilines is 1. The molecule has 0 radical (unpaired) electrons. The van der Waals surface area contributed by atoms with Crippen molar-refractivity contribution in [3.63, 3.8) is 0 Å². The molecule has 0 saturated heterocycles. The van der Waals surface area contributed by atoms with E-state index in [-0.39, 0.29) is 23.3 Å². The van der Waals surface area contributed by atoms with Crippen LogP contribution in [0.25, 0.3) is 5.65 Å². The molecule has 2 aromatic heterocycles. The van der Waals surface area contributed by atoms with E-state index in [0.29, 0.717) is 18.1 Å². The maximum atomic E-state index is 11.2. The first-order valence-corrected chi connectivity index (χ1v) is 7.46. The number of aromatic nitrogens is 4. The van der Waals surface area contributed by atoms with E-state index in [1.807, 2.05) is 0 Å². The fourth-order valence-corrected chi connectivity index (χ4v) is 2.96. The number of nitrogens with one attached hydrogen (secondary N) is 1. The monoisotopic (exact) mass is 319 g/mol. The zero-order valence-corrected chi connectivity index (χ0v) is 12.6. The van der Waals surface area contributed by atoms with Gasteiger partial charge in [0.05, 0.1) is 6.20 Å². The standard InChI is InChI=1S/C14H17N5O4/c1-8-4-2-3-5-9(8)16-11-10(23-7-20)6-15-19-12(11)17-18-13(19)14(21)22/h6-9,16H,2-5H2,1H3,(H,21,22). The quantitative estimate of drug-likeness (QED) is 0.793. The van der Waals surface area contributed by atoms with Crippen LogP contribution < -0.4 is 10.1 Å². The zero-order valence-electron chi connectivity index (χ0n) is 12.6. The Kier molecular flexibility index (Phi) is 4.09. The van der Waals surface area contributed by atoms with Gasteiger partial charge in [-0.15, -0.1) is 10.2 Å². The summed E-state index contributed by atoms with van der Waals surface area (Å²) in [4.78, 5) is 21.9. The average Bonchev–Trinajstić information content (AvgIpc) is 2.96. The minimum Gasteiger partial charge on any atom is -0.475 e. The van der Waals surface area contributed by atoms with E-state index < -0.39 is 5.97 Å². The molecule has 0 aliphatic heterocycles. The predicted octanol–water partition coefficient (Wildman–Crippen LogP) is 1.35. The van der Waals surface area contributed by atoms with E-state index in [4.69, 9.17) is 9.84 Å². The van der Waals surface area contributed by atoms with Gasteiger partial charge in [0.25, 0.3) is 12.3 Å². The fraction of sp³-hybridized carbons (Fsp3) is 0.500. The molecule has 0 aromatic carbocycles. The maximum Gasteiger partial charge on any atom is 0.375 e. The van der Waals surface area contributed by atoms with Crippen LogP contribution in [0.15, 0.2) is 6.20 Å². The Bertz CT molecular complexity index is 744. The first-order valence-electron chi connectivity index (χ1n) is 7.46. The predicted molar refractivity (Wildman–Crippen MR) is 79.5 cm³/mol. The summed E-state index contributed by atoms with van der Waals surface area (Å²) in [7, 11) is 0. The van der Waals surface area contributed by atoms with Crippen molar-refractivity contribution in [2.24, 2.45) is 5.92 Å². The van der Waals surface area contributed by atoms with E-state index in [0.717, 1.165) is 23.8 Å². The van der Waals surface area contributed by atoms with Gasteiger partial charge in [0.15, 0.2) is 5.75 Å². The summed E-state index contributed by atoms with van der Waals surface area (Å²) in [6, 6.07) is 0.189. The smallest absolute Gasteiger partial charge is 0.375 e. The number of nitrogens with zero attached hydrogens (tertiary/aromatic N) is 4. The molecule has 23 heavy (non-hydrogen) atoms. The molecule has 2 unspecified atom stereocenters. The van der Waals surface area contributed by atoms with E-state index in [9.17, 15) is 9.59 Å². The summed E-state index contributed by atoms with van der Waals surface area (Å²) < 4.78 is 6.08. The van der Waals surface area contributed by atoms with E-state index in [1.54, 1.807) is 0 Å². The van der Waals surface area contributed by atoms with Crippen LogP contribution in [0, 0.1) is 5.92 Å². The van der Waals surface area contributed by atoms with E-state index in [2.05, 4.69) is 27.5 Å². The summed E-state index contributed by atoms with van der Waals surface area (Å²) in [5.74, 6) is -0.874. The Labute approximate surface area is 131 Å². The van der Waals surface area contributed by atoms with Gasteiger partial charge in [0, 0.05) is 6.04 Å². The minimum absolute atomic E-state index is 0.189. The summed E-state index contributed by atoms with van der Waals surface area (Å²) in [6.45, 7) is 2.46. The number of fused-ring (bicyclic) bond motifs is 1. The highest BCUT2D eigenvalue weighted by Gasteiger charge is 2.25. The van der Waals surface area contributed by atoms with Crippen molar-refractivity contribution < 1.29 is 19.4 Å². The first kappa shape index (κ1) is 15.2. The van der Waals surface area contributed by atoms with Crippen molar-refractivity contribution in [1.29, 1.82) is 0 Å². The summed E-state index contributed by atoms with van der Waals surface area (Å²) in [5, 5.41) is 23.9. The number of rotatable bonds is 5. The van der Waals surface area contributed by atoms with Crippen molar-refractivity contribution in [2.75, 3.05) is 5.32 Å². The highest BCUT2D eigenvalue weighted by Crippen LogP contribution is 2.32. The number of aromatic carboxylic acids is 1. The third kappa shape index (κ3) is 2.81. The highest BCUT2D eigenvalue weighted by atomic mass is 16.5. The summed E-state index contributed by atoms with van der Waals surface area (Å²) >= 11 is 0. The van der Waals surface area contributed by atoms with Gasteiger partial charge in [-0.05, 0) is 18.8 Å². The molecule has 3 rings (SSSR count). The number of carboxylic acids is 1. The molecule has 2 N–H and O–H groups in total. The number of carbonyl (C=O) groups is 2. The lowest BCUT2D eigenvalue weighted by Crippen LogP contribution is -2.30. The molecule has 1 fully saturated rings. The number of carbonyl (C=O) groups excluding carboxylic acids is 1. The Morgan fingerprint density at radius 1 is 1.43 bits per heavy atom. The average molecular weight is 319 g/mol. The molecule has 1 aliphatic rings. The van der Waals surface area contributed by atoms with Crippen molar-refractivity contribution in [1.82, 2.24) is 19.8 Å². The lowest BCUT2D eigenvalue weighted by Gasteiger charge is -2.30. The van der Waals surface area contributed by atoms with Crippen molar-refractivity contribution in [2.45, 2.75) is 38.6 Å². The lowest BCUT2D eigenvalue weighted by atomic mass is 9.86. The van der Waals surface area contributed by atoms with Crippen LogP contribution in [0.4, 0.5) is 5.69 Å². The normalized spacial score (nSPS) is 21.1. The molecule has 0 bridgehead atoms. The molecular weight excluding hydrogens is 302 g/mol. The second-order valence-electron chi connectivity index (χ2n) is 5.67. The Hall–Kier alpha value is -2.71. The second-order valence-corrected chi connectivity index (χ2v) is 5.67. The van der Waals surface area contributed by atoms with Crippen LogP contribution in [0.3, 0.4) is 0 Å². The fourth-order valence-electron chi connectivity index (χ4n) is 2.96. The number of ether oxygens (including phenoxy) is 1. The van der Waals surface area contributed by atoms with Crippen molar-refractivity contribution in [3.05, 3.63) is 12.0 Å². The highest BCUT2D eigenvalue weighted by molar-refractivity contribution is 5.86. The lowest BCUT2D eigenvalue weighted by molar-refractivity contribution is -0.120. The van der Waals surface area contributed by atoms with Gasteiger partial charge in [0.1, 0.15) is 5.69 Å². The van der Waals surface area contributed by atoms with Crippen LogP contribution in [0.5, 0.6) is 5.75 Å². The zero-order chi connectivity index (χ0) is 16.4. The van der Waals surface area contributed by atoms with Crippen molar-refractivity contribution in [3.8, 4) is 5.75 Å². The summed E-state index contributed by atoms with van der Waals surface area (Å²) in [6.07, 6.45) is 5.68. The number of hydrogen-bond acceptors (Lipinski definition) is 7. The Morgan fingerprint density at radius 3 is 2.91 bits per heavy atom. The van der Waals surface area contributed by atoms with E-state index >= 15 is 0 Å². The molecule has 2 heterocycles. The van der Waals surface area contributed by atoms with Crippen LogP contribution in [0.2, 0.25) is 0 Å². The van der Waals surface area contributed by atoms with Gasteiger partial charge in [0.2, 0.25) is 5.65 Å². The Morgan fingerprint density at radius 2 is 2.22 bits per heavy atom. The molecule has 1 saturated carbocycles. The molecule has 1 aliphatic carbocycles. The summed E-state index contributed by atoms with van der Waals surface area (Å²) in [5.41, 5.74) is 0.658. The minimum atomic E-state index is -1.23. The van der Waals surface area contributed by atoms with Crippen LogP contribution in [-0.2, 0) is 4.79 Å². The van der Waals surface area contributed by atoms with Crippen LogP contribution in [-0.4, -0.2) is 43.4 Å². The molecule has 2 aromatic rings. The van der Waals surface area contributed by atoms with Crippen molar-refractivity contribution >= 4 is 23.8 Å². The third-order valence-corrected chi connectivity index (χ3v) is 4.21. The van der Waals surface area contributed by atoms with E-state index in [1.165, 1.54) is 12.6 Å². The molecular formula is C14H17N5O4. The van der Waals surface area contributed by atoms with Gasteiger partial charge >= 0.3 is 5.97 Å². The van der Waals surface area contributed by atoms with Gasteiger partial charge in [-0.3, -0.25) is 4.79 Å². The largest absolute Gasteiger partial charge is 0.475 e. The van der Waals surface area contributed by atoms with Gasteiger partial charge in [-0.25, -0.2) is 4.79 Å². The second kappa shape index (κ2) is 6.19. The topological polar surface area (TPSA) is 119 Å². The molecule has 9 nitrogen and oxygen atoms in total. The Balaban J connectivity index is 2.05. The number of hydrogen-bond donors (Lipinski definition) is 2. The number of carboxylic acid groups (broad SMARTS) is 1. The molecule has 122 valence electrons. The third-order valence-electron chi connectivity index (χ3n) is 4.21. The van der Waals surface area contributed by atoms with Gasteiger partial charge in [-0.2, -0.15) is 9.61 Å². The molecule has 0 spiro atoms. The maximum absolute atomic E-state index is 11.2. The SMILES string of the molecule is CC1CCCCC1Nc1c(OC=O)cnn2c(C(=O)O)nnc12. The van der Waals surface area contributed by atoms with Crippen LogP contribution in [0.1, 0.15) is 43.2 Å². The molecule has 2 atom stereocenters. The van der Waals surface area contributed by atoms with Gasteiger partial charge in [-0.1, -0.05) is 19.8 Å². The molecule has 9 heteroatoms.